The van der Waals surface area contributed by atoms with Crippen LogP contribution in [0.3, 0.4) is 0 Å². The van der Waals surface area contributed by atoms with Crippen molar-refractivity contribution in [2.45, 2.75) is 271 Å². The summed E-state index contributed by atoms with van der Waals surface area (Å²) in [6, 6.07) is -8.79. The van der Waals surface area contributed by atoms with Crippen molar-refractivity contribution < 1.29 is 133 Å². The first kappa shape index (κ1) is 133. The number of hydrogen-bond acceptors (Lipinski definition) is 27. The molecule has 6 rings (SSSR count). The van der Waals surface area contributed by atoms with E-state index in [9.17, 15) is 117 Å². The van der Waals surface area contributed by atoms with Gasteiger partial charge in [0.2, 0.25) is 11.8 Å². The van der Waals surface area contributed by atoms with Crippen LogP contribution in [-0.2, 0) is 124 Å². The number of carbonyl (C=O) groups is 10. The fraction of sp³-hybridized carbons (Fsp3) is 0.690. The van der Waals surface area contributed by atoms with E-state index in [4.69, 9.17) is 0 Å². The number of nitrogens with zero attached hydrogens (tertiary/aromatic N) is 12. The normalized spacial score (nSPS) is 22.5. The van der Waals surface area contributed by atoms with Crippen molar-refractivity contribution in [1.82, 2.24) is 71.7 Å². The molecule has 0 aliphatic carbocycles. The minimum atomic E-state index is -4.19. The molecule has 6 heterocycles. The van der Waals surface area contributed by atoms with Gasteiger partial charge in [-0.2, -0.15) is 120 Å². The Kier molecular flexibility index (Phi) is 58.0. The zero-order valence-corrected chi connectivity index (χ0v) is 89.5. The summed E-state index contributed by atoms with van der Waals surface area (Å²) in [6.07, 6.45) is 22.3. The van der Waals surface area contributed by atoms with Gasteiger partial charge in [-0.15, -0.1) is 13.2 Å². The second-order valence-corrected chi connectivity index (χ2v) is 45.6. The van der Waals surface area contributed by atoms with Gasteiger partial charge < -0.3 is 36.5 Å². The van der Waals surface area contributed by atoms with E-state index >= 15 is 0 Å². The largest absolute Gasteiger partial charge is 0.507 e. The molecule has 52 heteroatoms. The maximum Gasteiger partial charge on any atom is 0.323 e. The minimum Gasteiger partial charge on any atom is -0.507 e. The van der Waals surface area contributed by atoms with Crippen LogP contribution in [0.2, 0.25) is 0 Å². The lowest BCUT2D eigenvalue weighted by molar-refractivity contribution is -0.144. The number of ether oxygens (including phenoxy) is 1. The number of nitrogens with one attached hydrogen (secondary N) is 4. The van der Waals surface area contributed by atoms with Gasteiger partial charge in [0.25, 0.3) is 71.5 Å². The van der Waals surface area contributed by atoms with Crippen molar-refractivity contribution in [3.05, 3.63) is 97.6 Å². The Morgan fingerprint density at radius 1 is 0.397 bits per heavy atom. The molecule has 0 aromatic carbocycles. The minimum absolute atomic E-state index is 0. The molecule has 6 aliphatic heterocycles. The topological polar surface area (TPSA) is 609 Å². The number of rotatable bonds is 32. The number of hydrogen-bond donors (Lipinski definition) is 6. The Bertz CT molecular complexity index is 4770. The van der Waals surface area contributed by atoms with Gasteiger partial charge in [0.1, 0.15) is 70.1 Å². The Morgan fingerprint density at radius 3 is 0.816 bits per heavy atom. The number of amides is 2. The Hall–Kier alpha value is -7.37. The molecule has 0 saturated heterocycles. The van der Waals surface area contributed by atoms with Crippen LogP contribution in [0.15, 0.2) is 97.6 Å². The van der Waals surface area contributed by atoms with E-state index in [0.717, 1.165) is 55.9 Å². The van der Waals surface area contributed by atoms with Crippen molar-refractivity contribution in [3.8, 4) is 0 Å². The third-order valence-electron chi connectivity index (χ3n) is 23.0. The maximum atomic E-state index is 12.8. The first-order chi connectivity index (χ1) is 61.6. The van der Waals surface area contributed by atoms with Crippen molar-refractivity contribution in [1.29, 1.82) is 0 Å². The zero-order chi connectivity index (χ0) is 105. The maximum absolute atomic E-state index is 12.8. The summed E-state index contributed by atoms with van der Waals surface area (Å²) in [5, 5.41) is 24.3. The monoisotopic (exact) mass is 2070 g/mol. The number of likely N-dealkylation sites (N-methyl/N-ethyl adjacent to an activating group) is 2. The lowest BCUT2D eigenvalue weighted by Gasteiger charge is -2.33. The molecular formula is C84H154N16O29S7. The third kappa shape index (κ3) is 37.3. The van der Waals surface area contributed by atoms with Crippen LogP contribution in [0, 0.1) is 11.8 Å². The molecule has 0 spiro atoms. The molecule has 0 fully saturated rings. The van der Waals surface area contributed by atoms with Crippen LogP contribution in [-0.4, -0.2) is 374 Å². The molecule has 0 aromatic rings. The van der Waals surface area contributed by atoms with Crippen molar-refractivity contribution in [3.63, 3.8) is 0 Å². The average molecular weight is 2080 g/mol. The van der Waals surface area contributed by atoms with Gasteiger partial charge in [-0.05, 0) is 156 Å². The van der Waals surface area contributed by atoms with Crippen LogP contribution in [0.1, 0.15) is 186 Å². The lowest BCUT2D eigenvalue weighted by atomic mass is 10.0. The highest BCUT2D eigenvalue weighted by molar-refractivity contribution is 7.88. The van der Waals surface area contributed by atoms with Gasteiger partial charge in [0.15, 0.2) is 0 Å². The highest BCUT2D eigenvalue weighted by Gasteiger charge is 2.47. The molecule has 6 aliphatic rings. The lowest BCUT2D eigenvalue weighted by Crippen LogP contribution is -2.55. The molecule has 10 N–H and O–H groups in total. The van der Waals surface area contributed by atoms with Gasteiger partial charge in [-0.25, -0.2) is 0 Å². The Labute approximate surface area is 808 Å². The number of aliphatic hydroxyl groups excluding tert-OH is 2. The van der Waals surface area contributed by atoms with E-state index in [1.54, 1.807) is 72.8 Å². The highest BCUT2D eigenvalue weighted by atomic mass is 32.2. The van der Waals surface area contributed by atoms with Gasteiger partial charge in [-0.1, -0.05) is 114 Å². The quantitative estimate of drug-likeness (QED) is 0.0412. The molecule has 786 valence electrons. The molecular weight excluding hydrogens is 1920 g/mol. The van der Waals surface area contributed by atoms with Crippen molar-refractivity contribution in [2.75, 3.05) is 99.7 Å². The number of methoxy groups -OCH3 is 1. The molecule has 2 amide bonds. The van der Waals surface area contributed by atoms with Crippen LogP contribution >= 0.6 is 0 Å². The molecule has 14 atom stereocenters. The van der Waals surface area contributed by atoms with E-state index < -0.39 is 186 Å². The first-order valence-corrected chi connectivity index (χ1v) is 53.6. The van der Waals surface area contributed by atoms with Gasteiger partial charge in [0.05, 0.1) is 62.5 Å². The van der Waals surface area contributed by atoms with E-state index in [2.05, 4.69) is 38.0 Å². The third-order valence-corrected chi connectivity index (χ3v) is 36.9. The summed E-state index contributed by atoms with van der Waals surface area (Å²) < 4.78 is 198. The molecule has 0 saturated carbocycles. The van der Waals surface area contributed by atoms with Crippen molar-refractivity contribution >= 4 is 130 Å². The summed E-state index contributed by atoms with van der Waals surface area (Å²) >= 11 is 0. The van der Waals surface area contributed by atoms with E-state index in [1.807, 2.05) is 79.7 Å². The summed E-state index contributed by atoms with van der Waals surface area (Å²) in [5.41, 5.74) is 0. The molecule has 0 aromatic heterocycles. The highest BCUT2D eigenvalue weighted by Crippen LogP contribution is 2.28. The van der Waals surface area contributed by atoms with Gasteiger partial charge in [-0.3, -0.25) is 47.9 Å². The predicted octanol–water partition coefficient (Wildman–Crippen LogP) is 1.65. The Morgan fingerprint density at radius 2 is 0.610 bits per heavy atom. The number of carbonyl (C=O) groups excluding carboxylic acids is 10. The van der Waals surface area contributed by atoms with E-state index in [-0.39, 0.29) is 128 Å². The molecule has 45 nitrogen and oxygen atoms in total. The average Bonchev–Trinajstić information content (AvgIpc) is 1.62. The molecule has 0 bridgehead atoms. The van der Waals surface area contributed by atoms with Gasteiger partial charge in [0, 0.05) is 104 Å². The van der Waals surface area contributed by atoms with E-state index in [0.29, 0.717) is 13.1 Å². The molecule has 136 heavy (non-hydrogen) atoms. The SMILES string of the molecule is C=CCN(C(C)C(C)=O)S(=O)(=O)N(CC=C)C(C)C(=O)OC.CC(=O)C(C)N1CC(O)=C(O)CN(C(C)C(C)=O)S1(=O)=O.CC(=O)C(C)N1CC=CCN(C(C)C(C)=O)S1(=O)=O.CC(=O)C(C)N1CC=CCN(C(C)C(C)=O)S1(=O)=O.CC(C)C1C=CC(C(C)C)NS(=O)(=O)N1.CCC(C)N1CC=CCN(C(C)CC)S1(=O)=O.CNC(=O)C(C)N1CC=CCN(C(C)C(=O)NC)S1(=O)=O.O.O. The van der Waals surface area contributed by atoms with Crippen LogP contribution < -0.4 is 20.1 Å². The summed E-state index contributed by atoms with van der Waals surface area (Å²) in [4.78, 5) is 115. The summed E-state index contributed by atoms with van der Waals surface area (Å²) in [6.45, 7) is 47.6. The zero-order valence-electron chi connectivity index (χ0n) is 83.8. The Balaban J connectivity index is -0.00000152. The fourth-order valence-corrected chi connectivity index (χ4v) is 25.6. The van der Waals surface area contributed by atoms with E-state index in [1.165, 1.54) is 123 Å². The summed E-state index contributed by atoms with van der Waals surface area (Å²) in [7, 11) is -22.5. The molecule has 0 radical (unpaired) electrons. The smallest absolute Gasteiger partial charge is 0.323 e. The number of aliphatic hydroxyl groups is 2. The molecule has 14 unspecified atom stereocenters. The van der Waals surface area contributed by atoms with Crippen LogP contribution in [0.4, 0.5) is 0 Å². The van der Waals surface area contributed by atoms with Crippen molar-refractivity contribution in [2.24, 2.45) is 11.8 Å². The number of esters is 1. The van der Waals surface area contributed by atoms with Gasteiger partial charge >= 0.3 is 5.97 Å². The standard InChI is InChI=1S/C14H24N2O5S.C12H22N4O4S.C12H20N2O6S.2C12H20N2O4S.C12H24N2O2S.C10H20N2O2S.2H2O/c1-7-9-15(11(3)13(5)17)22(19,20)16(10-8-2)12(4)14(18)21-6;1-9(11(17)13-3)15-7-5-6-8-16(21(15,19)20)10(2)12(18)14-4;1-7(9(3)15)13-5-11(17)12(18)6-14(21(13,19)20)8(2)10(4)16;2*1-9(11(3)15)13-7-5-6-8-14(19(13,17)18)10(2)12(4)16;1-5-11(3)13-9-7-8-10-14(12(4)6-2)17(13,15)16;1-7(2)9-5-6-10(8(3)4)12-15(13,14)11-9;;/h7-8,11-12H,1-2,9-10H2,3-6H3;5-6,9-10H,7-8H2,1-4H3,(H,13,17)(H,14,18);7-8,17-18H,5-6H2,1-4H3;2*5-6,9-10H,7-8H2,1-4H3;7-8,11-12H,5-6,9-10H2,1-4H3;5-12H,1-4H3;2*1H2. The number of ketones is 7. The van der Waals surface area contributed by atoms with Crippen LogP contribution in [0.25, 0.3) is 0 Å². The van der Waals surface area contributed by atoms with Crippen LogP contribution in [0.5, 0.6) is 0 Å². The summed E-state index contributed by atoms with van der Waals surface area (Å²) in [5.74, 6) is -4.11. The number of Topliss-reactive ketones (excluding diaryl/α,β-unsaturated/α-hetero) is 7. The predicted molar refractivity (Wildman–Crippen MR) is 521 cm³/mol. The second kappa shape index (κ2) is 59.4. The first-order valence-electron chi connectivity index (χ1n) is 43.7. The fourth-order valence-electron chi connectivity index (χ4n) is 12.6. The second-order valence-electron chi connectivity index (χ2n) is 33.2.